The lowest BCUT2D eigenvalue weighted by molar-refractivity contribution is -0.334. The van der Waals surface area contributed by atoms with Crippen LogP contribution < -0.4 is 4.74 Å². The molecule has 5 aliphatic heterocycles. The second-order valence-electron chi connectivity index (χ2n) is 23.1. The van der Waals surface area contributed by atoms with Crippen molar-refractivity contribution in [3.05, 3.63) is 29.3 Å². The largest absolute Gasteiger partial charge is 0.507 e. The fourth-order valence-corrected chi connectivity index (χ4v) is 12.0. The van der Waals surface area contributed by atoms with E-state index in [-0.39, 0.29) is 66.2 Å². The fourth-order valence-electron chi connectivity index (χ4n) is 12.0. The summed E-state index contributed by atoms with van der Waals surface area (Å²) in [4.78, 5) is 41.4. The normalized spacial score (nSPS) is 40.6. The fraction of sp³-hybridized carbons (Fsp3) is 0.768. The third-order valence-electron chi connectivity index (χ3n) is 16.4. The van der Waals surface area contributed by atoms with Gasteiger partial charge in [0.05, 0.1) is 77.9 Å². The number of hydrogen-bond acceptors (Lipinski definition) is 25. The summed E-state index contributed by atoms with van der Waals surface area (Å²) in [6, 6.07) is 4.20. The van der Waals surface area contributed by atoms with E-state index >= 15 is 4.79 Å². The first kappa shape index (κ1) is 63.2. The van der Waals surface area contributed by atoms with E-state index in [1.165, 1.54) is 53.2 Å². The standard InChI is InChI=1S/C56H82O25/c1-21(2)55(67)81-54-27(8)75-41(20-56(54,9)68)78-36-18-39(71-23(4)46(36)63)77-35-19-40(72-24(5)45(35)62)80-53-31(52(70-11)49(66)44(61)22(3)57)14-29-12-28-13-30(15-32(58)42(28)47(64)43(29)48(53)65)76-37-17-34(60)51(26(7)74-37)79-38-16-33(59)50(69-10)25(6)73-38/h12-13,15,21-27,31,33-41,44-46,50-54,57-64,68H,14,16-20H2,1-11H3/t22-,23?,24?,25?,26?,27?,31+,33?,34?,35?,36?,37?,38?,39?,40?,41?,44+,45?,46?,50?,51?,52+,53+,54?,56?/m1/s1. The Bertz CT molecular complexity index is 2480. The second-order valence-corrected chi connectivity index (χ2v) is 23.1. The molecule has 25 nitrogen and oxygen atoms in total. The third-order valence-corrected chi connectivity index (χ3v) is 16.4. The van der Waals surface area contributed by atoms with Gasteiger partial charge in [-0.25, -0.2) is 0 Å². The molecule has 5 fully saturated rings. The van der Waals surface area contributed by atoms with Crippen LogP contribution in [-0.4, -0.2) is 225 Å². The smallest absolute Gasteiger partial charge is 0.308 e. The zero-order valence-corrected chi connectivity index (χ0v) is 47.5. The van der Waals surface area contributed by atoms with Gasteiger partial charge in [0.15, 0.2) is 42.8 Å². The summed E-state index contributed by atoms with van der Waals surface area (Å²) in [5.74, 6) is -5.10. The van der Waals surface area contributed by atoms with Crippen LogP contribution in [0, 0.1) is 11.8 Å². The van der Waals surface area contributed by atoms with E-state index in [0.717, 1.165) is 0 Å². The number of ketones is 2. The average Bonchev–Trinajstić information content (AvgIpc) is 2.90. The Morgan fingerprint density at radius 2 is 1.23 bits per heavy atom. The predicted octanol–water partition coefficient (Wildman–Crippen LogP) is 1.30. The Morgan fingerprint density at radius 1 is 0.691 bits per heavy atom. The third kappa shape index (κ3) is 13.7. The van der Waals surface area contributed by atoms with E-state index < -0.39 is 188 Å². The monoisotopic (exact) mass is 1150 g/mol. The highest BCUT2D eigenvalue weighted by atomic mass is 16.7. The number of phenolic OH excluding ortho intramolecular Hbond substituents is 2. The zero-order valence-electron chi connectivity index (χ0n) is 47.5. The SMILES string of the molecule is COC1C(O)CC(OC2C(O)CC(Oc3cc(O)c4c(O)c5c(cc4c3)C[C@@H]([C@H](OC)C(=O)[C@@H](O)[C@@H](C)O)[C@H](OC3CC(OC4CC(OC6CC(C)(O)C(OC(=O)C(C)C)C(C)O6)C(O)C(C)O4)C(O)C(C)O3)C5=O)OC2C)OC1C. The van der Waals surface area contributed by atoms with Gasteiger partial charge in [-0.15, -0.1) is 0 Å². The van der Waals surface area contributed by atoms with Gasteiger partial charge in [-0.05, 0) is 78.0 Å². The number of aliphatic hydroxyl groups is 7. The molecule has 6 aliphatic rings. The van der Waals surface area contributed by atoms with Gasteiger partial charge in [-0.2, -0.15) is 0 Å². The van der Waals surface area contributed by atoms with Crippen molar-refractivity contribution in [3.8, 4) is 17.2 Å². The maximum atomic E-state index is 15.0. The van der Waals surface area contributed by atoms with Crippen molar-refractivity contribution in [2.45, 2.75) is 248 Å². The number of aliphatic hydroxyl groups excluding tert-OH is 6. The molecule has 25 heteroatoms. The van der Waals surface area contributed by atoms with Gasteiger partial charge in [-0.1, -0.05) is 13.8 Å². The molecule has 20 unspecified atom stereocenters. The zero-order chi connectivity index (χ0) is 59.3. The Labute approximate surface area is 469 Å². The molecule has 2 aromatic carbocycles. The quantitative estimate of drug-likeness (QED) is 0.0950. The minimum atomic E-state index is -1.95. The Morgan fingerprint density at radius 3 is 1.80 bits per heavy atom. The van der Waals surface area contributed by atoms with Crippen molar-refractivity contribution < 1.29 is 122 Å². The summed E-state index contributed by atoms with van der Waals surface area (Å²) < 4.78 is 78.0. The Balaban J connectivity index is 0.990. The number of fused-ring (bicyclic) bond motifs is 2. The molecule has 2 aromatic rings. The molecule has 0 spiro atoms. The lowest BCUT2D eigenvalue weighted by atomic mass is 9.75. The molecule has 5 heterocycles. The molecule has 81 heavy (non-hydrogen) atoms. The van der Waals surface area contributed by atoms with E-state index in [9.17, 15) is 55.5 Å². The highest BCUT2D eigenvalue weighted by Crippen LogP contribution is 2.46. The molecule has 0 bridgehead atoms. The molecule has 5 saturated heterocycles. The van der Waals surface area contributed by atoms with E-state index in [1.54, 1.807) is 41.5 Å². The average molecular weight is 1160 g/mol. The minimum Gasteiger partial charge on any atom is -0.507 e. The number of methoxy groups -OCH3 is 2. The van der Waals surface area contributed by atoms with E-state index in [1.807, 2.05) is 0 Å². The second kappa shape index (κ2) is 25.8. The molecule has 0 radical (unpaired) electrons. The summed E-state index contributed by atoms with van der Waals surface area (Å²) in [6.45, 7) is 14.2. The lowest BCUT2D eigenvalue weighted by Crippen LogP contribution is -2.59. The highest BCUT2D eigenvalue weighted by molar-refractivity contribution is 6.11. The van der Waals surface area contributed by atoms with Crippen LogP contribution in [0.2, 0.25) is 0 Å². The van der Waals surface area contributed by atoms with E-state index in [2.05, 4.69) is 0 Å². The number of rotatable bonds is 18. The number of Topliss-reactive ketones (excluding diaryl/α,β-unsaturated/α-hetero) is 2. The van der Waals surface area contributed by atoms with Crippen LogP contribution in [0.4, 0.5) is 0 Å². The van der Waals surface area contributed by atoms with Crippen LogP contribution in [0.15, 0.2) is 18.2 Å². The summed E-state index contributed by atoms with van der Waals surface area (Å²) in [5, 5.41) is 101. The molecular weight excluding hydrogens is 1070 g/mol. The molecule has 9 N–H and O–H groups in total. The van der Waals surface area contributed by atoms with E-state index in [4.69, 9.17) is 61.6 Å². The van der Waals surface area contributed by atoms with Crippen molar-refractivity contribution in [1.29, 1.82) is 0 Å². The maximum absolute atomic E-state index is 15.0. The number of aromatic hydroxyl groups is 2. The first-order valence-electron chi connectivity index (χ1n) is 27.8. The van der Waals surface area contributed by atoms with Crippen LogP contribution in [0.25, 0.3) is 10.8 Å². The number of benzene rings is 2. The number of phenols is 2. The summed E-state index contributed by atoms with van der Waals surface area (Å²) in [5.41, 5.74) is -1.63. The molecule has 0 amide bonds. The first-order valence-corrected chi connectivity index (χ1v) is 27.8. The predicted molar refractivity (Wildman–Crippen MR) is 277 cm³/mol. The molecule has 8 rings (SSSR count). The Kier molecular flexibility index (Phi) is 20.1. The summed E-state index contributed by atoms with van der Waals surface area (Å²) in [6.07, 6.45) is -25.6. The minimum absolute atomic E-state index is 0.0592. The molecule has 0 saturated carbocycles. The number of hydrogen-bond donors (Lipinski definition) is 9. The van der Waals surface area contributed by atoms with Crippen molar-refractivity contribution in [2.24, 2.45) is 11.8 Å². The van der Waals surface area contributed by atoms with Crippen LogP contribution in [0.3, 0.4) is 0 Å². The topological polar surface area (TPSA) is 353 Å². The van der Waals surface area contributed by atoms with Gasteiger partial charge < -0.3 is 108 Å². The number of carbonyl (C=O) groups is 3. The molecule has 0 aromatic heterocycles. The van der Waals surface area contributed by atoms with Crippen molar-refractivity contribution in [3.63, 3.8) is 0 Å². The van der Waals surface area contributed by atoms with Crippen LogP contribution >= 0.6 is 0 Å². The molecule has 1 aliphatic carbocycles. The van der Waals surface area contributed by atoms with Gasteiger partial charge in [0.25, 0.3) is 0 Å². The van der Waals surface area contributed by atoms with Gasteiger partial charge >= 0.3 is 5.97 Å². The van der Waals surface area contributed by atoms with Crippen LogP contribution in [0.5, 0.6) is 17.2 Å². The van der Waals surface area contributed by atoms with Gasteiger partial charge in [0.1, 0.15) is 65.6 Å². The molecule has 456 valence electrons. The van der Waals surface area contributed by atoms with E-state index in [0.29, 0.717) is 0 Å². The van der Waals surface area contributed by atoms with Crippen molar-refractivity contribution in [2.75, 3.05) is 14.2 Å². The van der Waals surface area contributed by atoms with Gasteiger partial charge in [-0.3, -0.25) is 14.4 Å². The Hall–Kier alpha value is -3.81. The summed E-state index contributed by atoms with van der Waals surface area (Å²) in [7, 11) is 2.66. The van der Waals surface area contributed by atoms with Crippen molar-refractivity contribution >= 4 is 28.3 Å². The molecule has 25 atom stereocenters. The van der Waals surface area contributed by atoms with Crippen molar-refractivity contribution in [1.82, 2.24) is 0 Å². The summed E-state index contributed by atoms with van der Waals surface area (Å²) >= 11 is 0. The highest BCUT2D eigenvalue weighted by Gasteiger charge is 2.52. The lowest BCUT2D eigenvalue weighted by Gasteiger charge is -2.47. The van der Waals surface area contributed by atoms with Crippen LogP contribution in [-0.2, 0) is 72.9 Å². The molecular formula is C56H82O25. The van der Waals surface area contributed by atoms with Gasteiger partial charge in [0.2, 0.25) is 6.29 Å². The first-order chi connectivity index (χ1) is 38.1. The number of carbonyl (C=O) groups excluding carboxylic acids is 3. The van der Waals surface area contributed by atoms with Crippen LogP contribution in [0.1, 0.15) is 110 Å². The van der Waals surface area contributed by atoms with Gasteiger partial charge in [0, 0.05) is 58.3 Å². The number of ether oxygens (including phenoxy) is 13. The maximum Gasteiger partial charge on any atom is 0.308 e. The number of esters is 1.